The minimum Gasteiger partial charge on any atom is -0.208 e. The van der Waals surface area contributed by atoms with Crippen molar-refractivity contribution in [2.24, 2.45) is 4.40 Å². The Morgan fingerprint density at radius 3 is 1.76 bits per heavy atom. The number of halogens is 8. The van der Waals surface area contributed by atoms with Gasteiger partial charge in [-0.05, 0) is 24.8 Å². The lowest BCUT2D eigenvalue weighted by molar-refractivity contribution is 0.487. The van der Waals surface area contributed by atoms with E-state index in [0.29, 0.717) is 42.0 Å². The van der Waals surface area contributed by atoms with Gasteiger partial charge in [0.2, 0.25) is 0 Å². The van der Waals surface area contributed by atoms with Gasteiger partial charge in [-0.3, -0.25) is 0 Å². The summed E-state index contributed by atoms with van der Waals surface area (Å²) in [5.74, 6) is -15.6. The number of aryl methyl sites for hydroxylation is 1. The summed E-state index contributed by atoms with van der Waals surface area (Å²) in [5, 5.41) is 0.982. The van der Waals surface area contributed by atoms with Crippen molar-refractivity contribution in [3.8, 4) is 10.6 Å². The van der Waals surface area contributed by atoms with Gasteiger partial charge in [-0.2, -0.15) is 0 Å². The SMILES string of the molecule is CCCc1nnc(-c2c(F)c(F)c3c(c2F)c(F)c(F)c2c(F)c(C4=NSC(CCC)S4)c(F)c(F)c23)s1. The summed E-state index contributed by atoms with van der Waals surface area (Å²) in [5.41, 5.74) is -2.22. The third-order valence-corrected chi connectivity index (χ3v) is 9.34. The second-order valence-corrected chi connectivity index (χ2v) is 11.9. The fourth-order valence-corrected chi connectivity index (χ4v) is 7.59. The number of benzene rings is 3. The third kappa shape index (κ3) is 4.06. The molecule has 0 radical (unpaired) electrons. The van der Waals surface area contributed by atoms with E-state index >= 15 is 35.1 Å². The maximum atomic E-state index is 15.6. The van der Waals surface area contributed by atoms with Crippen LogP contribution in [0.1, 0.15) is 43.7 Å². The highest BCUT2D eigenvalue weighted by Gasteiger charge is 2.36. The quantitative estimate of drug-likeness (QED) is 0.0969. The molecule has 1 aliphatic rings. The molecule has 1 aromatic heterocycles. The van der Waals surface area contributed by atoms with Gasteiger partial charge in [0.15, 0.2) is 39.9 Å². The molecule has 14 heteroatoms. The first-order valence-electron chi connectivity index (χ1n) is 11.3. The number of thioether (sulfide) groups is 1. The molecule has 1 aliphatic heterocycles. The summed E-state index contributed by atoms with van der Waals surface area (Å²) < 4.78 is 126. The number of aromatic nitrogens is 2. The molecule has 1 unspecified atom stereocenters. The van der Waals surface area contributed by atoms with Gasteiger partial charge in [0.05, 0.1) is 26.5 Å². The van der Waals surface area contributed by atoms with Crippen molar-refractivity contribution in [2.45, 2.75) is 44.1 Å². The Labute approximate surface area is 222 Å². The van der Waals surface area contributed by atoms with Crippen LogP contribution in [-0.4, -0.2) is 19.8 Å². The zero-order valence-electron chi connectivity index (χ0n) is 19.5. The van der Waals surface area contributed by atoms with Crippen LogP contribution in [-0.2, 0) is 6.42 Å². The molecule has 1 atom stereocenters. The summed E-state index contributed by atoms with van der Waals surface area (Å²) in [7, 11) is 0. The van der Waals surface area contributed by atoms with E-state index in [2.05, 4.69) is 14.6 Å². The van der Waals surface area contributed by atoms with E-state index in [1.165, 1.54) is 0 Å². The highest BCUT2D eigenvalue weighted by Crippen LogP contribution is 2.46. The Morgan fingerprint density at radius 1 is 0.632 bits per heavy atom. The molecule has 200 valence electrons. The molecule has 4 aromatic rings. The van der Waals surface area contributed by atoms with Crippen molar-refractivity contribution in [3.63, 3.8) is 0 Å². The maximum Gasteiger partial charge on any atom is 0.172 e. The van der Waals surface area contributed by atoms with Crippen LogP contribution in [0, 0.1) is 46.5 Å². The first-order valence-corrected chi connectivity index (χ1v) is 13.9. The predicted octanol–water partition coefficient (Wildman–Crippen LogP) is 8.84. The fourth-order valence-electron chi connectivity index (χ4n) is 4.19. The van der Waals surface area contributed by atoms with Crippen molar-refractivity contribution in [1.82, 2.24) is 10.2 Å². The van der Waals surface area contributed by atoms with E-state index < -0.39 is 84.2 Å². The summed E-state index contributed by atoms with van der Waals surface area (Å²) in [4.78, 5) is 0. The first-order chi connectivity index (χ1) is 18.1. The number of fused-ring (bicyclic) bond motifs is 3. The molecule has 5 rings (SSSR count). The zero-order valence-corrected chi connectivity index (χ0v) is 21.9. The Balaban J connectivity index is 1.84. The Morgan fingerprint density at radius 2 is 1.18 bits per heavy atom. The molecule has 3 nitrogen and oxygen atoms in total. The van der Waals surface area contributed by atoms with Gasteiger partial charge in [-0.25, -0.2) is 39.5 Å². The second kappa shape index (κ2) is 10.3. The number of hydrogen-bond donors (Lipinski definition) is 0. The standard InChI is InChI=1S/C24H15F8N3S3/c1-3-5-7-33-34-23(36-7)13-15(25)11-9(17(27)21(13)31)10-12(20(30)19(11)29)16(26)14(22(32)18(10)28)24-35-38-8(37-24)6-4-2/h8H,3-6H2,1-2H3. The molecular weight excluding hydrogens is 578 g/mol. The lowest BCUT2D eigenvalue weighted by Crippen LogP contribution is -2.10. The van der Waals surface area contributed by atoms with E-state index in [9.17, 15) is 0 Å². The van der Waals surface area contributed by atoms with E-state index in [4.69, 9.17) is 0 Å². The van der Waals surface area contributed by atoms with E-state index in [0.717, 1.165) is 23.7 Å². The fraction of sp³-hybridized carbons (Fsp3) is 0.292. The van der Waals surface area contributed by atoms with Gasteiger partial charge in [-0.1, -0.05) is 43.4 Å². The molecule has 0 aliphatic carbocycles. The second-order valence-electron chi connectivity index (χ2n) is 8.35. The molecule has 38 heavy (non-hydrogen) atoms. The normalized spacial score (nSPS) is 15.7. The molecule has 0 spiro atoms. The monoisotopic (exact) mass is 593 g/mol. The molecule has 0 amide bonds. The van der Waals surface area contributed by atoms with Crippen LogP contribution < -0.4 is 0 Å². The van der Waals surface area contributed by atoms with Crippen LogP contribution in [0.4, 0.5) is 35.1 Å². The van der Waals surface area contributed by atoms with Crippen LogP contribution >= 0.6 is 35.0 Å². The number of nitrogens with zero attached hydrogens (tertiary/aromatic N) is 3. The minimum atomic E-state index is -2.10. The maximum absolute atomic E-state index is 15.6. The zero-order chi connectivity index (χ0) is 27.5. The lowest BCUT2D eigenvalue weighted by atomic mass is 9.95. The summed E-state index contributed by atoms with van der Waals surface area (Å²) >= 11 is 2.58. The molecular formula is C24H15F8N3S3. The molecule has 3 aromatic carbocycles. The summed E-state index contributed by atoms with van der Waals surface area (Å²) in [6.45, 7) is 3.67. The van der Waals surface area contributed by atoms with E-state index in [1.54, 1.807) is 6.92 Å². The molecule has 0 saturated heterocycles. The van der Waals surface area contributed by atoms with Gasteiger partial charge >= 0.3 is 0 Å². The van der Waals surface area contributed by atoms with E-state index in [-0.39, 0.29) is 9.63 Å². The largest absolute Gasteiger partial charge is 0.208 e. The Bertz CT molecular complexity index is 1650. The highest BCUT2D eigenvalue weighted by molar-refractivity contribution is 8.28. The van der Waals surface area contributed by atoms with Gasteiger partial charge < -0.3 is 0 Å². The smallest absolute Gasteiger partial charge is 0.172 e. The number of rotatable bonds is 6. The minimum absolute atomic E-state index is 0.247. The number of hydrogen-bond acceptors (Lipinski definition) is 6. The van der Waals surface area contributed by atoms with Crippen molar-refractivity contribution in [2.75, 3.05) is 0 Å². The van der Waals surface area contributed by atoms with Crippen molar-refractivity contribution in [3.05, 3.63) is 57.1 Å². The molecule has 0 N–H and O–H groups in total. The average Bonchev–Trinajstić information content (AvgIpc) is 3.53. The van der Waals surface area contributed by atoms with Gasteiger partial charge in [0.25, 0.3) is 0 Å². The first kappa shape index (κ1) is 27.1. The summed E-state index contributed by atoms with van der Waals surface area (Å²) in [6, 6.07) is 0. The Hall–Kier alpha value is -2.45. The van der Waals surface area contributed by atoms with Crippen molar-refractivity contribution >= 4 is 61.6 Å². The topological polar surface area (TPSA) is 38.1 Å². The van der Waals surface area contributed by atoms with Crippen molar-refractivity contribution < 1.29 is 35.1 Å². The van der Waals surface area contributed by atoms with Crippen LogP contribution in [0.5, 0.6) is 0 Å². The van der Waals surface area contributed by atoms with E-state index in [1.807, 2.05) is 6.92 Å². The van der Waals surface area contributed by atoms with Crippen LogP contribution in [0.3, 0.4) is 0 Å². The Kier molecular flexibility index (Phi) is 7.33. The van der Waals surface area contributed by atoms with Gasteiger partial charge in [-0.15, -0.1) is 10.2 Å². The average molecular weight is 594 g/mol. The van der Waals surface area contributed by atoms with Gasteiger partial charge in [0.1, 0.15) is 21.7 Å². The van der Waals surface area contributed by atoms with Crippen LogP contribution in [0.15, 0.2) is 4.40 Å². The van der Waals surface area contributed by atoms with Crippen LogP contribution in [0.25, 0.3) is 32.1 Å². The van der Waals surface area contributed by atoms with Crippen LogP contribution in [0.2, 0.25) is 0 Å². The molecule has 0 saturated carbocycles. The molecule has 2 heterocycles. The summed E-state index contributed by atoms with van der Waals surface area (Å²) in [6.07, 6.45) is 2.30. The predicted molar refractivity (Wildman–Crippen MR) is 134 cm³/mol. The molecule has 0 bridgehead atoms. The highest BCUT2D eigenvalue weighted by atomic mass is 32.2. The lowest BCUT2D eigenvalue weighted by Gasteiger charge is -2.16. The van der Waals surface area contributed by atoms with Crippen molar-refractivity contribution in [1.29, 1.82) is 0 Å². The molecule has 0 fully saturated rings. The van der Waals surface area contributed by atoms with Gasteiger partial charge in [0, 0.05) is 17.2 Å². The third-order valence-electron chi connectivity index (χ3n) is 5.90.